The highest BCUT2D eigenvalue weighted by atomic mass is 16.2. The van der Waals surface area contributed by atoms with E-state index in [-0.39, 0.29) is 12.5 Å². The summed E-state index contributed by atoms with van der Waals surface area (Å²) in [6.07, 6.45) is 0. The molecule has 0 fully saturated rings. The first-order valence-corrected chi connectivity index (χ1v) is 10.1. The van der Waals surface area contributed by atoms with E-state index >= 15 is 0 Å². The normalized spacial score (nSPS) is 12.6. The van der Waals surface area contributed by atoms with Gasteiger partial charge in [-0.15, -0.1) is 0 Å². The molecule has 0 aliphatic carbocycles. The fourth-order valence-electron chi connectivity index (χ4n) is 3.61. The highest BCUT2D eigenvalue weighted by Gasteiger charge is 2.31. The number of carbonyl (C=O) groups is 3. The van der Waals surface area contributed by atoms with Crippen molar-refractivity contribution in [3.8, 4) is 0 Å². The van der Waals surface area contributed by atoms with Crippen LogP contribution in [0.3, 0.4) is 0 Å². The molecule has 0 aromatic heterocycles. The Morgan fingerprint density at radius 2 is 1.60 bits per heavy atom. The first kappa shape index (κ1) is 23.1. The van der Waals surface area contributed by atoms with E-state index in [0.29, 0.717) is 11.4 Å². The number of quaternary nitrogens is 1. The lowest BCUT2D eigenvalue weighted by Gasteiger charge is -2.24. The van der Waals surface area contributed by atoms with Crippen molar-refractivity contribution in [2.45, 2.75) is 33.7 Å². The summed E-state index contributed by atoms with van der Waals surface area (Å²) in [4.78, 5) is 38.1. The summed E-state index contributed by atoms with van der Waals surface area (Å²) >= 11 is 0. The lowest BCUT2D eigenvalue weighted by atomic mass is 10.0. The molecule has 7 heteroatoms. The van der Waals surface area contributed by atoms with Gasteiger partial charge in [-0.2, -0.15) is 0 Å². The van der Waals surface area contributed by atoms with Crippen molar-refractivity contribution in [3.05, 3.63) is 64.7 Å². The molecule has 4 amide bonds. The molecule has 2 rings (SSSR count). The van der Waals surface area contributed by atoms with E-state index in [1.807, 2.05) is 63.2 Å². The topological polar surface area (TPSA) is 91.7 Å². The highest BCUT2D eigenvalue weighted by molar-refractivity contribution is 5.97. The zero-order valence-corrected chi connectivity index (χ0v) is 18.3. The Hall–Kier alpha value is -3.19. The van der Waals surface area contributed by atoms with Gasteiger partial charge in [0.05, 0.1) is 7.05 Å². The maximum atomic E-state index is 12.8. The molecule has 4 N–H and O–H groups in total. The number of hydrogen-bond acceptors (Lipinski definition) is 3. The molecule has 1 unspecified atom stereocenters. The van der Waals surface area contributed by atoms with Crippen molar-refractivity contribution in [1.29, 1.82) is 0 Å². The zero-order chi connectivity index (χ0) is 22.3. The minimum Gasteiger partial charge on any atom is -0.338 e. The predicted octanol–water partition coefficient (Wildman–Crippen LogP) is 1.65. The van der Waals surface area contributed by atoms with E-state index in [1.165, 1.54) is 0 Å². The Balaban J connectivity index is 2.17. The van der Waals surface area contributed by atoms with Crippen molar-refractivity contribution in [2.24, 2.45) is 0 Å². The average Bonchev–Trinajstić information content (AvgIpc) is 2.65. The first-order valence-electron chi connectivity index (χ1n) is 10.1. The number of imide groups is 1. The molecular weight excluding hydrogens is 380 g/mol. The Morgan fingerprint density at radius 1 is 1.00 bits per heavy atom. The molecule has 0 aliphatic rings. The second-order valence-corrected chi connectivity index (χ2v) is 7.54. The molecule has 0 saturated carbocycles. The van der Waals surface area contributed by atoms with Gasteiger partial charge in [0.1, 0.15) is 0 Å². The van der Waals surface area contributed by atoms with Gasteiger partial charge in [-0.3, -0.25) is 14.9 Å². The van der Waals surface area contributed by atoms with Crippen LogP contribution in [0.2, 0.25) is 0 Å². The summed E-state index contributed by atoms with van der Waals surface area (Å²) in [5, 5.41) is 7.89. The Morgan fingerprint density at radius 3 is 2.17 bits per heavy atom. The number of rotatable bonds is 7. The number of carbonyl (C=O) groups excluding carboxylic acids is 3. The summed E-state index contributed by atoms with van der Waals surface area (Å²) in [7, 11) is 1.77. The third-order valence-electron chi connectivity index (χ3n) is 4.84. The maximum Gasteiger partial charge on any atom is 0.321 e. The van der Waals surface area contributed by atoms with E-state index in [9.17, 15) is 14.4 Å². The number of hydrogen-bond donors (Lipinski definition) is 4. The van der Waals surface area contributed by atoms with Crippen LogP contribution in [0.5, 0.6) is 0 Å². The smallest absolute Gasteiger partial charge is 0.321 e. The van der Waals surface area contributed by atoms with Gasteiger partial charge in [0, 0.05) is 17.8 Å². The highest BCUT2D eigenvalue weighted by Crippen LogP contribution is 2.21. The lowest BCUT2D eigenvalue weighted by Crippen LogP contribution is -3.11. The third kappa shape index (κ3) is 6.15. The van der Waals surface area contributed by atoms with Crippen LogP contribution in [0, 0.1) is 20.8 Å². The fourth-order valence-corrected chi connectivity index (χ4v) is 3.61. The van der Waals surface area contributed by atoms with E-state index in [4.69, 9.17) is 0 Å². The van der Waals surface area contributed by atoms with Crippen molar-refractivity contribution >= 4 is 23.5 Å². The van der Waals surface area contributed by atoms with Crippen LogP contribution in [0.15, 0.2) is 42.5 Å². The van der Waals surface area contributed by atoms with Gasteiger partial charge in [0.15, 0.2) is 12.6 Å². The van der Waals surface area contributed by atoms with Gasteiger partial charge in [-0.1, -0.05) is 48.0 Å². The van der Waals surface area contributed by atoms with Crippen molar-refractivity contribution in [2.75, 3.05) is 25.5 Å². The molecule has 2 aromatic carbocycles. The lowest BCUT2D eigenvalue weighted by molar-refractivity contribution is -0.894. The first-order chi connectivity index (χ1) is 14.2. The maximum absolute atomic E-state index is 12.8. The molecule has 7 nitrogen and oxygen atoms in total. The van der Waals surface area contributed by atoms with Crippen molar-refractivity contribution < 1.29 is 19.3 Å². The number of aryl methyl sites for hydroxylation is 3. The van der Waals surface area contributed by atoms with Gasteiger partial charge < -0.3 is 15.5 Å². The van der Waals surface area contributed by atoms with Crippen LogP contribution >= 0.6 is 0 Å². The molecule has 0 aliphatic heterocycles. The zero-order valence-electron chi connectivity index (χ0n) is 18.3. The van der Waals surface area contributed by atoms with Gasteiger partial charge >= 0.3 is 6.03 Å². The third-order valence-corrected chi connectivity index (χ3v) is 4.84. The second-order valence-electron chi connectivity index (χ2n) is 7.54. The predicted molar refractivity (Wildman–Crippen MR) is 117 cm³/mol. The summed E-state index contributed by atoms with van der Waals surface area (Å²) in [5.41, 5.74) is 4.64. The molecule has 2 aromatic rings. The van der Waals surface area contributed by atoms with Crippen LogP contribution in [-0.4, -0.2) is 38.0 Å². The summed E-state index contributed by atoms with van der Waals surface area (Å²) in [5.74, 6) is -0.658. The number of likely N-dealkylation sites (N-methyl/N-ethyl adjacent to an activating group) is 1. The van der Waals surface area contributed by atoms with Gasteiger partial charge in [0.25, 0.3) is 11.8 Å². The van der Waals surface area contributed by atoms with E-state index in [0.717, 1.165) is 27.9 Å². The van der Waals surface area contributed by atoms with Crippen LogP contribution in [0.1, 0.15) is 35.2 Å². The van der Waals surface area contributed by atoms with E-state index in [1.54, 1.807) is 14.0 Å². The summed E-state index contributed by atoms with van der Waals surface area (Å²) < 4.78 is 0. The van der Waals surface area contributed by atoms with Crippen LogP contribution in [-0.2, 0) is 9.59 Å². The van der Waals surface area contributed by atoms with E-state index < -0.39 is 18.0 Å². The molecule has 0 spiro atoms. The largest absolute Gasteiger partial charge is 0.338 e. The minimum atomic E-state index is -0.709. The van der Waals surface area contributed by atoms with E-state index in [2.05, 4.69) is 16.0 Å². The number of benzene rings is 2. The second kappa shape index (κ2) is 10.5. The van der Waals surface area contributed by atoms with Crippen molar-refractivity contribution in [1.82, 2.24) is 10.6 Å². The molecule has 160 valence electrons. The van der Waals surface area contributed by atoms with Gasteiger partial charge in [-0.25, -0.2) is 4.79 Å². The fraction of sp³-hybridized carbons (Fsp3) is 0.348. The van der Waals surface area contributed by atoms with Crippen LogP contribution in [0.25, 0.3) is 0 Å². The Bertz CT molecular complexity index is 889. The molecule has 2 atom stereocenters. The molecule has 0 radical (unpaired) electrons. The van der Waals surface area contributed by atoms with Crippen LogP contribution < -0.4 is 20.9 Å². The molecule has 0 heterocycles. The number of urea groups is 1. The molecule has 0 saturated heterocycles. The standard InChI is InChI=1S/C23H30N4O3/c1-6-24-23(30)26-22(29)21(18-10-8-7-9-11-18)27(5)14-19(28)25-20-16(3)12-15(2)13-17(20)4/h7-13,21H,6,14H2,1-5H3,(H,25,28)(H2,24,26,29,30)/p+1/t21-/m1/s1. The number of nitrogens with one attached hydrogen (secondary N) is 4. The number of anilines is 1. The van der Waals surface area contributed by atoms with Gasteiger partial charge in [0.2, 0.25) is 0 Å². The Labute approximate surface area is 177 Å². The monoisotopic (exact) mass is 411 g/mol. The van der Waals surface area contributed by atoms with Gasteiger partial charge in [-0.05, 0) is 38.8 Å². The molecule has 30 heavy (non-hydrogen) atoms. The average molecular weight is 412 g/mol. The van der Waals surface area contributed by atoms with Crippen LogP contribution in [0.4, 0.5) is 10.5 Å². The SMILES string of the molecule is CCNC(=O)NC(=O)[C@@H](c1ccccc1)[NH+](C)CC(=O)Nc1c(C)cc(C)cc1C. The summed E-state index contributed by atoms with van der Waals surface area (Å²) in [6, 6.07) is 11.9. The summed E-state index contributed by atoms with van der Waals surface area (Å²) in [6.45, 7) is 8.18. The number of amides is 4. The minimum absolute atomic E-state index is 0.0646. The quantitative estimate of drug-likeness (QED) is 0.558. The Kier molecular flexibility index (Phi) is 8.12. The molecular formula is C23H31N4O3+. The van der Waals surface area contributed by atoms with Crippen molar-refractivity contribution in [3.63, 3.8) is 0 Å². The molecule has 0 bridgehead atoms.